The molecule has 2 aliphatic rings. The van der Waals surface area contributed by atoms with Crippen molar-refractivity contribution in [2.75, 3.05) is 6.54 Å². The zero-order valence-electron chi connectivity index (χ0n) is 29.0. The number of nitrogens with zero attached hydrogens (tertiary/aromatic N) is 7. The molecule has 0 fully saturated rings. The fourth-order valence-corrected chi connectivity index (χ4v) is 5.95. The average Bonchev–Trinajstić information content (AvgIpc) is 3.21. The highest BCUT2D eigenvalue weighted by molar-refractivity contribution is 5.76. The minimum Gasteiger partial charge on any atom is -0.368 e. The quantitative estimate of drug-likeness (QED) is 0.158. The Morgan fingerprint density at radius 3 is 1.96 bits per heavy atom. The third-order valence-corrected chi connectivity index (χ3v) is 8.86. The minimum atomic E-state index is 0.766. The molecule has 1 N–H and O–H groups in total. The molecule has 256 valence electrons. The maximum absolute atomic E-state index is 4.94. The number of pyridine rings is 2. The van der Waals surface area contributed by atoms with Crippen molar-refractivity contribution >= 4 is 21.9 Å². The molecule has 7 rings (SSSR count). The van der Waals surface area contributed by atoms with Crippen molar-refractivity contribution in [3.63, 3.8) is 0 Å². The van der Waals surface area contributed by atoms with Gasteiger partial charge in [-0.3, -0.25) is 24.9 Å². The van der Waals surface area contributed by atoms with E-state index in [1.807, 2.05) is 110 Å². The normalized spacial score (nSPS) is 13.2. The maximum atomic E-state index is 4.94. The Morgan fingerprint density at radius 1 is 0.577 bits per heavy atom. The van der Waals surface area contributed by atoms with Gasteiger partial charge in [-0.1, -0.05) is 30.3 Å². The number of hydrogen-bond acceptors (Lipinski definition) is 7. The minimum absolute atomic E-state index is 0.766. The molecule has 0 saturated carbocycles. The van der Waals surface area contributed by atoms with Crippen LogP contribution in [-0.4, -0.2) is 36.4 Å². The second kappa shape index (κ2) is 17.4. The Labute approximate surface area is 304 Å². The van der Waals surface area contributed by atoms with Gasteiger partial charge in [0.1, 0.15) is 6.54 Å². The molecule has 0 bridgehead atoms. The Morgan fingerprint density at radius 2 is 1.21 bits per heavy atom. The monoisotopic (exact) mass is 681 g/mol. The number of aryl methyl sites for hydroxylation is 3. The molecular weight excluding hydrogens is 641 g/mol. The van der Waals surface area contributed by atoms with Crippen molar-refractivity contribution in [1.82, 2.24) is 35.1 Å². The van der Waals surface area contributed by atoms with E-state index >= 15 is 0 Å². The smallest absolute Gasteiger partial charge is 0.169 e. The lowest BCUT2D eigenvalue weighted by Crippen LogP contribution is -2.32. The van der Waals surface area contributed by atoms with Crippen LogP contribution in [0.4, 0.5) is 0 Å². The molecule has 52 heavy (non-hydrogen) atoms. The summed E-state index contributed by atoms with van der Waals surface area (Å²) in [6, 6.07) is 24.4. The van der Waals surface area contributed by atoms with E-state index in [0.717, 1.165) is 77.5 Å². The van der Waals surface area contributed by atoms with E-state index in [2.05, 4.69) is 81.0 Å². The predicted molar refractivity (Wildman–Crippen MR) is 208 cm³/mol. The van der Waals surface area contributed by atoms with Crippen LogP contribution in [0.15, 0.2) is 183 Å². The number of allylic oxidation sites excluding steroid dienone is 6. The highest BCUT2D eigenvalue weighted by Gasteiger charge is 2.06. The van der Waals surface area contributed by atoms with E-state index in [4.69, 9.17) is 19.9 Å². The number of nitrogens with one attached hydrogen (secondary N) is 1. The fourth-order valence-electron chi connectivity index (χ4n) is 5.95. The molecule has 8 heteroatoms. The lowest BCUT2D eigenvalue weighted by atomic mass is 10.1. The number of fused-ring (bicyclic) bond motifs is 2. The second-order valence-electron chi connectivity index (χ2n) is 12.5. The molecule has 0 unspecified atom stereocenters. The maximum Gasteiger partial charge on any atom is 0.169 e. The summed E-state index contributed by atoms with van der Waals surface area (Å²) in [5.74, 6) is 0. The van der Waals surface area contributed by atoms with Gasteiger partial charge in [-0.2, -0.15) is 0 Å². The fraction of sp³-hybridized carbons (Fsp3) is 0.136. The first-order valence-electron chi connectivity index (χ1n) is 17.7. The molecule has 2 aliphatic heterocycles. The van der Waals surface area contributed by atoms with E-state index in [9.17, 15) is 0 Å². The van der Waals surface area contributed by atoms with Crippen LogP contribution in [0.25, 0.3) is 33.1 Å². The lowest BCUT2D eigenvalue weighted by Gasteiger charge is -2.19. The van der Waals surface area contributed by atoms with Crippen LogP contribution in [0.3, 0.4) is 0 Å². The van der Waals surface area contributed by atoms with Crippen molar-refractivity contribution in [3.8, 4) is 11.1 Å². The standard InChI is InChI=1S/C44H41N8/c1-2-10-42-40(8-1)33-47-41(9-6-26-52-29-19-39(20-30-52)37-15-23-46-24-16-37)34-50-44-12-4-3-11-43(44)49-32-35(31-48-42)7-5-25-51-27-17-38(18-28-51)36-13-21-45-22-14-36/h1-4,8,10-24,27-34,46H,5-7,9,25-26H2/q+1. The topological polar surface area (TPSA) is 83.6 Å². The van der Waals surface area contributed by atoms with E-state index in [-0.39, 0.29) is 0 Å². The van der Waals surface area contributed by atoms with Crippen LogP contribution < -0.4 is 9.88 Å². The summed E-state index contributed by atoms with van der Waals surface area (Å²) < 4.78 is 2.21. The number of dihydropyridines is 1. The first-order chi connectivity index (χ1) is 25.8. The summed E-state index contributed by atoms with van der Waals surface area (Å²) in [6.45, 7) is 1.74. The van der Waals surface area contributed by atoms with Crippen molar-refractivity contribution in [2.24, 2.45) is 0 Å². The van der Waals surface area contributed by atoms with Gasteiger partial charge in [-0.05, 0) is 102 Å². The molecule has 8 nitrogen and oxygen atoms in total. The summed E-state index contributed by atoms with van der Waals surface area (Å²) in [6.07, 6.45) is 35.6. The molecule has 0 aliphatic carbocycles. The van der Waals surface area contributed by atoms with Crippen LogP contribution in [-0.2, 0) is 19.4 Å². The zero-order valence-corrected chi connectivity index (χ0v) is 29.0. The SMILES string of the molecule is C1=CC(=C2C=CN(CCCc3cnc4ccccc4ncc(CCC[n+]4ccc(-c5ccncc5)cc4)cnc4ccccc4cn3)C=C2)C=CN1. The van der Waals surface area contributed by atoms with Gasteiger partial charge < -0.3 is 10.2 Å². The Kier molecular flexibility index (Phi) is 11.4. The first-order valence-corrected chi connectivity index (χ1v) is 17.7. The molecule has 0 radical (unpaired) electrons. The number of benzene rings is 2. The lowest BCUT2D eigenvalue weighted by molar-refractivity contribution is -0.697. The predicted octanol–water partition coefficient (Wildman–Crippen LogP) is 8.01. The molecule has 0 spiro atoms. The molecule has 5 aromatic rings. The van der Waals surface area contributed by atoms with E-state index < -0.39 is 0 Å². The van der Waals surface area contributed by atoms with Crippen molar-refractivity contribution in [3.05, 3.63) is 194 Å². The molecular formula is C44H41N8+. The van der Waals surface area contributed by atoms with Crippen LogP contribution >= 0.6 is 0 Å². The number of aromatic nitrogens is 6. The van der Waals surface area contributed by atoms with Crippen LogP contribution in [0.1, 0.15) is 24.1 Å². The number of rotatable bonds is 9. The van der Waals surface area contributed by atoms with Crippen LogP contribution in [0.2, 0.25) is 0 Å². The van der Waals surface area contributed by atoms with E-state index in [1.54, 1.807) is 0 Å². The van der Waals surface area contributed by atoms with Gasteiger partial charge in [0.15, 0.2) is 12.4 Å². The molecule has 3 aromatic heterocycles. The summed E-state index contributed by atoms with van der Waals surface area (Å²) in [4.78, 5) is 26.0. The Hall–Kier alpha value is -6.54. The Balaban J connectivity index is 1.11. The third kappa shape index (κ3) is 9.37. The van der Waals surface area contributed by atoms with Crippen LogP contribution in [0, 0.1) is 0 Å². The Bertz CT molecular complexity index is 2180. The summed E-state index contributed by atoms with van der Waals surface area (Å²) in [5, 5.41) is 4.03. The highest BCUT2D eigenvalue weighted by Crippen LogP contribution is 2.18. The highest BCUT2D eigenvalue weighted by atomic mass is 15.1. The molecule has 0 atom stereocenters. The number of para-hydroxylation sites is 3. The van der Waals surface area contributed by atoms with Crippen LogP contribution in [0.5, 0.6) is 0 Å². The zero-order chi connectivity index (χ0) is 35.2. The van der Waals surface area contributed by atoms with Crippen molar-refractivity contribution in [2.45, 2.75) is 32.2 Å². The van der Waals surface area contributed by atoms with E-state index in [1.165, 1.54) is 16.7 Å². The largest absolute Gasteiger partial charge is 0.368 e. The van der Waals surface area contributed by atoms with Gasteiger partial charge in [0, 0.05) is 92.5 Å². The molecule has 2 aromatic carbocycles. The molecule has 0 amide bonds. The summed E-state index contributed by atoms with van der Waals surface area (Å²) >= 11 is 0. The third-order valence-electron chi connectivity index (χ3n) is 8.86. The first kappa shape index (κ1) is 33.9. The van der Waals surface area contributed by atoms with Crippen molar-refractivity contribution < 1.29 is 4.57 Å². The molecule has 5 heterocycles. The van der Waals surface area contributed by atoms with Gasteiger partial charge in [0.25, 0.3) is 0 Å². The summed E-state index contributed by atoms with van der Waals surface area (Å²) in [7, 11) is 0. The van der Waals surface area contributed by atoms with Gasteiger partial charge in [0.2, 0.25) is 0 Å². The van der Waals surface area contributed by atoms with Gasteiger partial charge in [-0.15, -0.1) is 0 Å². The van der Waals surface area contributed by atoms with Gasteiger partial charge >= 0.3 is 0 Å². The van der Waals surface area contributed by atoms with Gasteiger partial charge in [-0.25, -0.2) is 4.57 Å². The van der Waals surface area contributed by atoms with Gasteiger partial charge in [0.05, 0.1) is 22.2 Å². The molecule has 0 saturated heterocycles. The number of hydrogen-bond donors (Lipinski definition) is 1. The van der Waals surface area contributed by atoms with Crippen molar-refractivity contribution in [1.29, 1.82) is 0 Å². The van der Waals surface area contributed by atoms with E-state index in [0.29, 0.717) is 0 Å². The second-order valence-corrected chi connectivity index (χ2v) is 12.5. The summed E-state index contributed by atoms with van der Waals surface area (Å²) in [5.41, 5.74) is 9.11. The average molecular weight is 682 g/mol.